The Kier molecular flexibility index (Phi) is 1.71. The lowest BCUT2D eigenvalue weighted by molar-refractivity contribution is 1.17. The molecule has 1 aromatic rings. The highest BCUT2D eigenvalue weighted by Gasteiger charge is 2.00. The summed E-state index contributed by atoms with van der Waals surface area (Å²) in [5.74, 6) is 0.708. The van der Waals surface area contributed by atoms with Gasteiger partial charge in [0.25, 0.3) is 0 Å². The van der Waals surface area contributed by atoms with E-state index in [0.29, 0.717) is 5.82 Å². The van der Waals surface area contributed by atoms with Crippen LogP contribution in [0.2, 0.25) is 0 Å². The molecule has 50 valence electrons. The highest BCUT2D eigenvalue weighted by atomic mass is 32.1. The van der Waals surface area contributed by atoms with Gasteiger partial charge in [0, 0.05) is 4.88 Å². The summed E-state index contributed by atoms with van der Waals surface area (Å²) < 4.78 is 0. The van der Waals surface area contributed by atoms with E-state index in [2.05, 4.69) is 11.9 Å². The van der Waals surface area contributed by atoms with Gasteiger partial charge in [-0.2, -0.15) is 0 Å². The predicted octanol–water partition coefficient (Wildman–Crippen LogP) is 1.60. The van der Waals surface area contributed by atoms with Gasteiger partial charge in [-0.3, -0.25) is 0 Å². The Morgan fingerprint density at radius 1 is 1.67 bits per heavy atom. The van der Waals surface area contributed by atoms with Gasteiger partial charge in [-0.15, -0.1) is 11.3 Å². The van der Waals surface area contributed by atoms with E-state index >= 15 is 0 Å². The Morgan fingerprint density at radius 3 is 2.56 bits per heavy atom. The molecule has 2 nitrogen and oxygen atoms in total. The van der Waals surface area contributed by atoms with Crippen molar-refractivity contribution in [3.05, 3.63) is 9.88 Å². The molecule has 0 aliphatic rings. The number of anilines is 1. The van der Waals surface area contributed by atoms with E-state index in [0.717, 1.165) is 11.4 Å². The van der Waals surface area contributed by atoms with Gasteiger partial charge in [0.05, 0.1) is 5.01 Å². The average molecular weight is 142 g/mol. The molecular weight excluding hydrogens is 132 g/mol. The second-order valence-corrected chi connectivity index (χ2v) is 3.18. The normalized spacial score (nSPS) is 10.0. The molecular formula is C6H10N2S. The van der Waals surface area contributed by atoms with E-state index in [1.165, 1.54) is 4.88 Å². The van der Waals surface area contributed by atoms with Crippen LogP contribution in [-0.4, -0.2) is 4.98 Å². The molecule has 0 radical (unpaired) electrons. The van der Waals surface area contributed by atoms with Crippen LogP contribution in [0.3, 0.4) is 0 Å². The lowest BCUT2D eigenvalue weighted by atomic mass is 10.4. The monoisotopic (exact) mass is 142 g/mol. The molecule has 0 aliphatic heterocycles. The number of thiazole rings is 1. The van der Waals surface area contributed by atoms with Crippen molar-refractivity contribution in [3.63, 3.8) is 0 Å². The standard InChI is InChI=1S/C6H10N2S/c1-3-5-6(7)8-4(2)9-5/h3,7H2,1-2H3. The van der Waals surface area contributed by atoms with Gasteiger partial charge < -0.3 is 5.73 Å². The number of aryl methyl sites for hydroxylation is 2. The van der Waals surface area contributed by atoms with Crippen LogP contribution in [-0.2, 0) is 6.42 Å². The fourth-order valence-corrected chi connectivity index (χ4v) is 1.53. The molecule has 2 N–H and O–H groups in total. The van der Waals surface area contributed by atoms with Crippen molar-refractivity contribution >= 4 is 17.2 Å². The maximum absolute atomic E-state index is 5.55. The van der Waals surface area contributed by atoms with E-state index in [9.17, 15) is 0 Å². The van der Waals surface area contributed by atoms with Crippen molar-refractivity contribution in [2.75, 3.05) is 5.73 Å². The topological polar surface area (TPSA) is 38.9 Å². The zero-order valence-corrected chi connectivity index (χ0v) is 6.46. The van der Waals surface area contributed by atoms with Crippen LogP contribution in [0.15, 0.2) is 0 Å². The zero-order chi connectivity index (χ0) is 6.85. The van der Waals surface area contributed by atoms with Gasteiger partial charge in [0.2, 0.25) is 0 Å². The molecule has 9 heavy (non-hydrogen) atoms. The molecule has 1 rings (SSSR count). The minimum Gasteiger partial charge on any atom is -0.383 e. The zero-order valence-electron chi connectivity index (χ0n) is 5.64. The Balaban J connectivity index is 3.01. The number of hydrogen-bond acceptors (Lipinski definition) is 3. The summed E-state index contributed by atoms with van der Waals surface area (Å²) in [6.07, 6.45) is 0.997. The molecule has 0 aliphatic carbocycles. The second kappa shape index (κ2) is 2.35. The van der Waals surface area contributed by atoms with Gasteiger partial charge in [-0.25, -0.2) is 4.98 Å². The molecule has 0 aromatic carbocycles. The maximum atomic E-state index is 5.55. The lowest BCUT2D eigenvalue weighted by Gasteiger charge is -1.85. The van der Waals surface area contributed by atoms with Crippen LogP contribution in [0.5, 0.6) is 0 Å². The minimum atomic E-state index is 0.708. The minimum absolute atomic E-state index is 0.708. The number of hydrogen-bond donors (Lipinski definition) is 1. The first-order chi connectivity index (χ1) is 4.24. The van der Waals surface area contributed by atoms with Gasteiger partial charge in [-0.05, 0) is 13.3 Å². The quantitative estimate of drug-likeness (QED) is 0.646. The van der Waals surface area contributed by atoms with Gasteiger partial charge >= 0.3 is 0 Å². The largest absolute Gasteiger partial charge is 0.383 e. The van der Waals surface area contributed by atoms with Crippen molar-refractivity contribution in [3.8, 4) is 0 Å². The van der Waals surface area contributed by atoms with E-state index in [4.69, 9.17) is 5.73 Å². The molecule has 1 aromatic heterocycles. The highest BCUT2D eigenvalue weighted by Crippen LogP contribution is 2.19. The number of aromatic nitrogens is 1. The average Bonchev–Trinajstić information content (AvgIpc) is 2.10. The summed E-state index contributed by atoms with van der Waals surface area (Å²) in [6, 6.07) is 0. The second-order valence-electron chi connectivity index (χ2n) is 1.89. The molecule has 3 heteroatoms. The van der Waals surface area contributed by atoms with Gasteiger partial charge in [0.1, 0.15) is 5.82 Å². The SMILES string of the molecule is CCc1sc(C)nc1N. The van der Waals surface area contributed by atoms with Crippen LogP contribution in [0.4, 0.5) is 5.82 Å². The van der Waals surface area contributed by atoms with Crippen LogP contribution < -0.4 is 5.73 Å². The summed E-state index contributed by atoms with van der Waals surface area (Å²) in [5.41, 5.74) is 5.55. The number of rotatable bonds is 1. The Bertz CT molecular complexity index is 205. The first-order valence-corrected chi connectivity index (χ1v) is 3.77. The van der Waals surface area contributed by atoms with E-state index in [1.807, 2.05) is 6.92 Å². The first kappa shape index (κ1) is 6.55. The summed E-state index contributed by atoms with van der Waals surface area (Å²) in [7, 11) is 0. The molecule has 0 atom stereocenters. The molecule has 0 saturated heterocycles. The third kappa shape index (κ3) is 1.21. The maximum Gasteiger partial charge on any atom is 0.137 e. The fourth-order valence-electron chi connectivity index (χ4n) is 0.739. The number of nitrogens with two attached hydrogens (primary N) is 1. The fraction of sp³-hybridized carbons (Fsp3) is 0.500. The number of nitrogen functional groups attached to an aromatic ring is 1. The van der Waals surface area contributed by atoms with Crippen LogP contribution >= 0.6 is 11.3 Å². The van der Waals surface area contributed by atoms with Crippen molar-refractivity contribution in [1.29, 1.82) is 0 Å². The van der Waals surface area contributed by atoms with Crippen molar-refractivity contribution in [2.24, 2.45) is 0 Å². The first-order valence-electron chi connectivity index (χ1n) is 2.95. The Hall–Kier alpha value is -0.570. The molecule has 1 heterocycles. The van der Waals surface area contributed by atoms with E-state index in [-0.39, 0.29) is 0 Å². The third-order valence-electron chi connectivity index (χ3n) is 1.16. The molecule has 0 unspecified atom stereocenters. The highest BCUT2D eigenvalue weighted by molar-refractivity contribution is 7.12. The predicted molar refractivity (Wildman–Crippen MR) is 40.6 cm³/mol. The molecule has 0 saturated carbocycles. The van der Waals surface area contributed by atoms with E-state index < -0.39 is 0 Å². The summed E-state index contributed by atoms with van der Waals surface area (Å²) in [6.45, 7) is 4.06. The number of nitrogens with zero attached hydrogens (tertiary/aromatic N) is 1. The molecule has 0 amide bonds. The molecule has 0 fully saturated rings. The van der Waals surface area contributed by atoms with Gasteiger partial charge in [0.15, 0.2) is 0 Å². The molecule has 0 bridgehead atoms. The van der Waals surface area contributed by atoms with Crippen molar-refractivity contribution < 1.29 is 0 Å². The molecule has 0 spiro atoms. The van der Waals surface area contributed by atoms with Crippen LogP contribution in [0.1, 0.15) is 16.8 Å². The smallest absolute Gasteiger partial charge is 0.137 e. The van der Waals surface area contributed by atoms with Crippen LogP contribution in [0, 0.1) is 6.92 Å². The van der Waals surface area contributed by atoms with Gasteiger partial charge in [-0.1, -0.05) is 6.92 Å². The van der Waals surface area contributed by atoms with Crippen LogP contribution in [0.25, 0.3) is 0 Å². The summed E-state index contributed by atoms with van der Waals surface area (Å²) in [5, 5.41) is 1.06. The third-order valence-corrected chi connectivity index (χ3v) is 2.29. The van der Waals surface area contributed by atoms with Crippen molar-refractivity contribution in [2.45, 2.75) is 20.3 Å². The summed E-state index contributed by atoms with van der Waals surface area (Å²) in [4.78, 5) is 5.28. The summed E-state index contributed by atoms with van der Waals surface area (Å²) >= 11 is 1.68. The Morgan fingerprint density at radius 2 is 2.33 bits per heavy atom. The lowest BCUT2D eigenvalue weighted by Crippen LogP contribution is -1.88. The van der Waals surface area contributed by atoms with Crippen molar-refractivity contribution in [1.82, 2.24) is 4.98 Å². The Labute approximate surface area is 58.7 Å². The van der Waals surface area contributed by atoms with E-state index in [1.54, 1.807) is 11.3 Å².